The second kappa shape index (κ2) is 5.45. The van der Waals surface area contributed by atoms with Gasteiger partial charge in [0.15, 0.2) is 0 Å². The van der Waals surface area contributed by atoms with Crippen LogP contribution in [0.25, 0.3) is 16.7 Å². The lowest BCUT2D eigenvalue weighted by molar-refractivity contribution is -0.136. The third kappa shape index (κ3) is 2.63. The minimum Gasteiger partial charge on any atom is -0.497 e. The molecule has 0 unspecified atom stereocenters. The second-order valence-corrected chi connectivity index (χ2v) is 5.39. The molecule has 0 bridgehead atoms. The van der Waals surface area contributed by atoms with Gasteiger partial charge < -0.3 is 4.74 Å². The number of aryl methyl sites for hydroxylation is 1. The van der Waals surface area contributed by atoms with Gasteiger partial charge in [0.2, 0.25) is 0 Å². The first kappa shape index (κ1) is 15.7. The molecule has 3 nitrogen and oxygen atoms in total. The van der Waals surface area contributed by atoms with Crippen LogP contribution in [-0.4, -0.2) is 16.7 Å². The largest absolute Gasteiger partial charge is 0.497 e. The summed E-state index contributed by atoms with van der Waals surface area (Å²) in [4.78, 5) is 4.09. The number of alkyl halides is 3. The van der Waals surface area contributed by atoms with Crippen LogP contribution in [0.4, 0.5) is 13.2 Å². The van der Waals surface area contributed by atoms with E-state index in [1.807, 2.05) is 0 Å². The van der Waals surface area contributed by atoms with Crippen molar-refractivity contribution in [1.82, 2.24) is 9.55 Å². The van der Waals surface area contributed by atoms with E-state index in [0.717, 1.165) is 6.07 Å². The minimum absolute atomic E-state index is 0.0932. The molecule has 23 heavy (non-hydrogen) atoms. The quantitative estimate of drug-likeness (QED) is 0.655. The van der Waals surface area contributed by atoms with Crippen LogP contribution in [0.1, 0.15) is 11.4 Å². The highest BCUT2D eigenvalue weighted by molar-refractivity contribution is 6.32. The first-order chi connectivity index (χ1) is 10.8. The predicted octanol–water partition coefficient (Wildman–Crippen LogP) is 5.01. The van der Waals surface area contributed by atoms with Crippen molar-refractivity contribution in [2.45, 2.75) is 13.1 Å². The third-order valence-corrected chi connectivity index (χ3v) is 3.86. The van der Waals surface area contributed by atoms with E-state index in [0.29, 0.717) is 27.8 Å². The molecule has 0 aliphatic rings. The summed E-state index contributed by atoms with van der Waals surface area (Å²) in [5.74, 6) is 0.987. The monoisotopic (exact) mass is 340 g/mol. The van der Waals surface area contributed by atoms with Crippen LogP contribution in [0.3, 0.4) is 0 Å². The average Bonchev–Trinajstić information content (AvgIpc) is 2.81. The molecule has 3 aromatic rings. The van der Waals surface area contributed by atoms with Gasteiger partial charge in [-0.25, -0.2) is 4.98 Å². The Hall–Kier alpha value is -2.21. The number of rotatable bonds is 2. The van der Waals surface area contributed by atoms with Crippen molar-refractivity contribution < 1.29 is 17.9 Å². The van der Waals surface area contributed by atoms with E-state index >= 15 is 0 Å². The zero-order chi connectivity index (χ0) is 16.8. The number of hydrogen-bond donors (Lipinski definition) is 0. The molecule has 0 saturated carbocycles. The van der Waals surface area contributed by atoms with Crippen molar-refractivity contribution in [3.8, 4) is 11.4 Å². The first-order valence-corrected chi connectivity index (χ1v) is 7.10. The Balaban J connectivity index is 2.29. The zero-order valence-corrected chi connectivity index (χ0v) is 13.0. The number of imidazole rings is 1. The van der Waals surface area contributed by atoms with E-state index in [4.69, 9.17) is 16.3 Å². The van der Waals surface area contributed by atoms with Gasteiger partial charge in [-0.2, -0.15) is 13.2 Å². The van der Waals surface area contributed by atoms with Crippen molar-refractivity contribution in [2.24, 2.45) is 0 Å². The first-order valence-electron chi connectivity index (χ1n) is 6.72. The van der Waals surface area contributed by atoms with Crippen LogP contribution < -0.4 is 4.74 Å². The van der Waals surface area contributed by atoms with Gasteiger partial charge in [-0.1, -0.05) is 17.7 Å². The number of ether oxygens (including phenoxy) is 1. The zero-order valence-electron chi connectivity index (χ0n) is 12.3. The fraction of sp³-hybridized carbons (Fsp3) is 0.188. The molecule has 0 fully saturated rings. The summed E-state index contributed by atoms with van der Waals surface area (Å²) in [6, 6.07) is 8.96. The average molecular weight is 341 g/mol. The molecule has 0 spiro atoms. The summed E-state index contributed by atoms with van der Waals surface area (Å²) in [7, 11) is 1.51. The van der Waals surface area contributed by atoms with Crippen molar-refractivity contribution >= 4 is 22.6 Å². The van der Waals surface area contributed by atoms with Crippen molar-refractivity contribution in [2.75, 3.05) is 7.11 Å². The molecule has 0 N–H and O–H groups in total. The fourth-order valence-corrected chi connectivity index (χ4v) is 2.80. The molecule has 0 saturated heterocycles. The lowest BCUT2D eigenvalue weighted by atomic mass is 10.1. The van der Waals surface area contributed by atoms with Crippen LogP contribution in [0.5, 0.6) is 5.75 Å². The van der Waals surface area contributed by atoms with Crippen LogP contribution in [0.2, 0.25) is 5.02 Å². The lowest BCUT2D eigenvalue weighted by Crippen LogP contribution is -2.05. The number of benzene rings is 2. The molecular weight excluding hydrogens is 329 g/mol. The van der Waals surface area contributed by atoms with Gasteiger partial charge in [0.1, 0.15) is 17.1 Å². The highest BCUT2D eigenvalue weighted by Gasteiger charge is 2.34. The van der Waals surface area contributed by atoms with Crippen LogP contribution >= 0.6 is 11.6 Å². The minimum atomic E-state index is -4.46. The van der Waals surface area contributed by atoms with Crippen LogP contribution in [0.15, 0.2) is 36.4 Å². The van der Waals surface area contributed by atoms with Gasteiger partial charge in [-0.05, 0) is 31.2 Å². The molecule has 0 aliphatic carbocycles. The summed E-state index contributed by atoms with van der Waals surface area (Å²) in [6.45, 7) is 1.64. The molecule has 1 heterocycles. The van der Waals surface area contributed by atoms with Gasteiger partial charge in [-0.3, -0.25) is 4.57 Å². The number of para-hydroxylation sites is 1. The molecular formula is C16H12ClF3N2O. The molecule has 3 rings (SSSR count). The Morgan fingerprint density at radius 1 is 1.17 bits per heavy atom. The summed E-state index contributed by atoms with van der Waals surface area (Å²) >= 11 is 6.25. The standard InChI is InChI=1S/C16H12ClF3N2O/c1-9-21-15-11(16(18,19)20)4-3-5-14(15)22(9)13-7-6-10(23-2)8-12(13)17/h3-8H,1-2H3. The molecule has 1 aromatic heterocycles. The maximum absolute atomic E-state index is 13.1. The Morgan fingerprint density at radius 2 is 1.91 bits per heavy atom. The van der Waals surface area contributed by atoms with E-state index in [1.54, 1.807) is 35.8 Å². The van der Waals surface area contributed by atoms with Crippen molar-refractivity contribution in [1.29, 1.82) is 0 Å². The molecule has 0 atom stereocenters. The SMILES string of the molecule is COc1ccc(-n2c(C)nc3c(C(F)(F)F)cccc32)c(Cl)c1. The Kier molecular flexibility index (Phi) is 3.72. The van der Waals surface area contributed by atoms with Gasteiger partial charge in [0.05, 0.1) is 28.9 Å². The maximum Gasteiger partial charge on any atom is 0.418 e. The summed E-state index contributed by atoms with van der Waals surface area (Å²) < 4.78 is 46.1. The number of aromatic nitrogens is 2. The number of nitrogens with zero attached hydrogens (tertiary/aromatic N) is 2. The number of methoxy groups -OCH3 is 1. The Labute approximate surface area is 135 Å². The molecule has 0 radical (unpaired) electrons. The van der Waals surface area contributed by atoms with Crippen LogP contribution in [-0.2, 0) is 6.18 Å². The smallest absolute Gasteiger partial charge is 0.418 e. The number of halogens is 4. The second-order valence-electron chi connectivity index (χ2n) is 4.98. The summed E-state index contributed by atoms with van der Waals surface area (Å²) in [6.07, 6.45) is -4.46. The van der Waals surface area contributed by atoms with E-state index in [1.165, 1.54) is 13.2 Å². The van der Waals surface area contributed by atoms with Gasteiger partial charge in [-0.15, -0.1) is 0 Å². The van der Waals surface area contributed by atoms with E-state index in [-0.39, 0.29) is 5.52 Å². The van der Waals surface area contributed by atoms with E-state index < -0.39 is 11.7 Å². The van der Waals surface area contributed by atoms with Gasteiger partial charge in [0.25, 0.3) is 0 Å². The van der Waals surface area contributed by atoms with E-state index in [2.05, 4.69) is 4.98 Å². The summed E-state index contributed by atoms with van der Waals surface area (Å²) in [5, 5.41) is 0.365. The molecule has 0 amide bonds. The Bertz CT molecular complexity index is 887. The normalized spacial score (nSPS) is 11.9. The molecule has 0 aliphatic heterocycles. The van der Waals surface area contributed by atoms with Gasteiger partial charge >= 0.3 is 6.18 Å². The highest BCUT2D eigenvalue weighted by atomic mass is 35.5. The van der Waals surface area contributed by atoms with Crippen molar-refractivity contribution in [3.05, 3.63) is 52.8 Å². The molecule has 120 valence electrons. The van der Waals surface area contributed by atoms with Gasteiger partial charge in [0, 0.05) is 6.07 Å². The van der Waals surface area contributed by atoms with Crippen LogP contribution in [0, 0.1) is 6.92 Å². The number of fused-ring (bicyclic) bond motifs is 1. The van der Waals surface area contributed by atoms with E-state index in [9.17, 15) is 13.2 Å². The molecule has 2 aromatic carbocycles. The topological polar surface area (TPSA) is 27.1 Å². The van der Waals surface area contributed by atoms with Crippen molar-refractivity contribution in [3.63, 3.8) is 0 Å². The highest BCUT2D eigenvalue weighted by Crippen LogP contribution is 2.36. The summed E-state index contributed by atoms with van der Waals surface area (Å²) in [5.41, 5.74) is 0.0436. The Morgan fingerprint density at radius 3 is 2.52 bits per heavy atom. The predicted molar refractivity (Wildman–Crippen MR) is 82.4 cm³/mol. The molecule has 7 heteroatoms. The maximum atomic E-state index is 13.1. The lowest BCUT2D eigenvalue weighted by Gasteiger charge is -2.11. The number of hydrogen-bond acceptors (Lipinski definition) is 2. The fourth-order valence-electron chi connectivity index (χ4n) is 2.54. The third-order valence-electron chi connectivity index (χ3n) is 3.55.